The van der Waals surface area contributed by atoms with Gasteiger partial charge in [-0.3, -0.25) is 9.69 Å². The van der Waals surface area contributed by atoms with Gasteiger partial charge in [0.25, 0.3) is 0 Å². The summed E-state index contributed by atoms with van der Waals surface area (Å²) >= 11 is 0. The van der Waals surface area contributed by atoms with E-state index in [4.69, 9.17) is 23.7 Å². The van der Waals surface area contributed by atoms with Crippen molar-refractivity contribution in [1.82, 2.24) is 10.2 Å². The number of carbonyl (C=O) groups excluding carboxylic acids is 1. The molecule has 184 valence electrons. The molecule has 1 saturated heterocycles. The van der Waals surface area contributed by atoms with E-state index in [0.29, 0.717) is 49.4 Å². The molecule has 34 heavy (non-hydrogen) atoms. The SMILES string of the molecule is CCOc1ccc(C(CNC(=O)/C=C/c2cc(OC)cc(OC)c2)N2CCOCC2)cc1OC. The molecule has 0 aliphatic carbocycles. The monoisotopic (exact) mass is 470 g/mol. The molecule has 1 aliphatic rings. The lowest BCUT2D eigenvalue weighted by Gasteiger charge is -2.35. The van der Waals surface area contributed by atoms with Crippen molar-refractivity contribution >= 4 is 12.0 Å². The fourth-order valence-electron chi connectivity index (χ4n) is 3.87. The highest BCUT2D eigenvalue weighted by Crippen LogP contribution is 2.32. The van der Waals surface area contributed by atoms with Crippen LogP contribution in [0.2, 0.25) is 0 Å². The lowest BCUT2D eigenvalue weighted by atomic mass is 10.0. The summed E-state index contributed by atoms with van der Waals surface area (Å²) in [6, 6.07) is 11.4. The molecule has 0 bridgehead atoms. The van der Waals surface area contributed by atoms with Crippen LogP contribution >= 0.6 is 0 Å². The van der Waals surface area contributed by atoms with Gasteiger partial charge in [0, 0.05) is 31.8 Å². The minimum Gasteiger partial charge on any atom is -0.497 e. The van der Waals surface area contributed by atoms with E-state index in [-0.39, 0.29) is 11.9 Å². The van der Waals surface area contributed by atoms with Crippen LogP contribution < -0.4 is 24.3 Å². The zero-order chi connectivity index (χ0) is 24.3. The van der Waals surface area contributed by atoms with Gasteiger partial charge in [-0.15, -0.1) is 0 Å². The maximum atomic E-state index is 12.7. The van der Waals surface area contributed by atoms with E-state index in [1.807, 2.05) is 37.3 Å². The zero-order valence-corrected chi connectivity index (χ0v) is 20.3. The Morgan fingerprint density at radius 3 is 2.35 bits per heavy atom. The Hall–Kier alpha value is -3.23. The molecule has 1 heterocycles. The Labute approximate surface area is 201 Å². The number of hydrogen-bond acceptors (Lipinski definition) is 7. The van der Waals surface area contributed by atoms with E-state index in [2.05, 4.69) is 10.2 Å². The average molecular weight is 471 g/mol. The first-order chi connectivity index (χ1) is 16.6. The van der Waals surface area contributed by atoms with E-state index < -0.39 is 0 Å². The molecule has 1 fully saturated rings. The Kier molecular flexibility index (Phi) is 9.61. The van der Waals surface area contributed by atoms with Crippen molar-refractivity contribution in [3.05, 3.63) is 53.6 Å². The van der Waals surface area contributed by atoms with Crippen LogP contribution in [-0.4, -0.2) is 71.6 Å². The van der Waals surface area contributed by atoms with Gasteiger partial charge in [-0.1, -0.05) is 6.07 Å². The maximum Gasteiger partial charge on any atom is 0.244 e. The molecule has 0 saturated carbocycles. The Bertz CT molecular complexity index is 950. The number of hydrogen-bond donors (Lipinski definition) is 1. The summed E-state index contributed by atoms with van der Waals surface area (Å²) in [5, 5.41) is 3.04. The van der Waals surface area contributed by atoms with Gasteiger partial charge in [0.15, 0.2) is 11.5 Å². The van der Waals surface area contributed by atoms with Crippen LogP contribution in [0.3, 0.4) is 0 Å². The van der Waals surface area contributed by atoms with Gasteiger partial charge >= 0.3 is 0 Å². The standard InChI is InChI=1S/C26H34N2O6/c1-5-34-24-8-7-20(16-25(24)32-4)23(28-10-12-33-13-11-28)18-27-26(29)9-6-19-14-21(30-2)17-22(15-19)31-3/h6-9,14-17,23H,5,10-13,18H2,1-4H3,(H,27,29)/b9-6+. The molecule has 1 aliphatic heterocycles. The number of methoxy groups -OCH3 is 3. The third-order valence-electron chi connectivity index (χ3n) is 5.63. The predicted octanol–water partition coefficient (Wildman–Crippen LogP) is 3.31. The number of rotatable bonds is 11. The second-order valence-corrected chi connectivity index (χ2v) is 7.73. The van der Waals surface area contributed by atoms with Gasteiger partial charge in [0.05, 0.1) is 47.2 Å². The molecule has 1 amide bonds. The highest BCUT2D eigenvalue weighted by Gasteiger charge is 2.24. The molecule has 3 rings (SSSR count). The first kappa shape index (κ1) is 25.4. The summed E-state index contributed by atoms with van der Waals surface area (Å²) in [4.78, 5) is 15.0. The van der Waals surface area contributed by atoms with Gasteiger partial charge in [-0.2, -0.15) is 0 Å². The molecule has 8 nitrogen and oxygen atoms in total. The minimum absolute atomic E-state index is 0.0252. The van der Waals surface area contributed by atoms with Crippen LogP contribution in [0.15, 0.2) is 42.5 Å². The average Bonchev–Trinajstić information content (AvgIpc) is 2.88. The van der Waals surface area contributed by atoms with Gasteiger partial charge in [-0.25, -0.2) is 0 Å². The molecule has 1 N–H and O–H groups in total. The Balaban J connectivity index is 1.73. The highest BCUT2D eigenvalue weighted by atomic mass is 16.5. The molecule has 1 atom stereocenters. The third kappa shape index (κ3) is 6.88. The predicted molar refractivity (Wildman–Crippen MR) is 131 cm³/mol. The first-order valence-electron chi connectivity index (χ1n) is 11.4. The molecule has 2 aromatic rings. The normalized spacial score (nSPS) is 15.1. The van der Waals surface area contributed by atoms with Gasteiger partial charge in [-0.05, 0) is 48.4 Å². The van der Waals surface area contributed by atoms with E-state index in [0.717, 1.165) is 24.2 Å². The number of ether oxygens (including phenoxy) is 5. The number of nitrogens with one attached hydrogen (secondary N) is 1. The molecular weight excluding hydrogens is 436 g/mol. The quantitative estimate of drug-likeness (QED) is 0.505. The fourth-order valence-corrected chi connectivity index (χ4v) is 3.87. The summed E-state index contributed by atoms with van der Waals surface area (Å²) in [7, 11) is 4.82. The van der Waals surface area contributed by atoms with E-state index in [1.165, 1.54) is 6.08 Å². The molecule has 0 spiro atoms. The summed E-state index contributed by atoms with van der Waals surface area (Å²) in [5.74, 6) is 2.52. The summed E-state index contributed by atoms with van der Waals surface area (Å²) in [6.45, 7) is 5.85. The van der Waals surface area contributed by atoms with E-state index in [1.54, 1.807) is 33.5 Å². The first-order valence-corrected chi connectivity index (χ1v) is 11.4. The van der Waals surface area contributed by atoms with Crippen molar-refractivity contribution < 1.29 is 28.5 Å². The second kappa shape index (κ2) is 12.9. The third-order valence-corrected chi connectivity index (χ3v) is 5.63. The second-order valence-electron chi connectivity index (χ2n) is 7.73. The van der Waals surface area contributed by atoms with Crippen LogP contribution in [-0.2, 0) is 9.53 Å². The fraction of sp³-hybridized carbons (Fsp3) is 0.423. The molecule has 8 heteroatoms. The van der Waals surface area contributed by atoms with Gasteiger partial charge < -0.3 is 29.0 Å². The highest BCUT2D eigenvalue weighted by molar-refractivity contribution is 5.91. The molecule has 1 unspecified atom stereocenters. The number of nitrogens with zero attached hydrogens (tertiary/aromatic N) is 1. The number of amides is 1. The smallest absolute Gasteiger partial charge is 0.244 e. The van der Waals surface area contributed by atoms with Crippen LogP contribution in [0.4, 0.5) is 0 Å². The maximum absolute atomic E-state index is 12.7. The van der Waals surface area contributed by atoms with Crippen molar-refractivity contribution in [2.24, 2.45) is 0 Å². The van der Waals surface area contributed by atoms with Crippen molar-refractivity contribution in [1.29, 1.82) is 0 Å². The van der Waals surface area contributed by atoms with Crippen LogP contribution in [0.1, 0.15) is 24.1 Å². The topological polar surface area (TPSA) is 78.5 Å². The number of carbonyl (C=O) groups is 1. The molecule has 0 aromatic heterocycles. The van der Waals surface area contributed by atoms with Crippen LogP contribution in [0.25, 0.3) is 6.08 Å². The number of morpholine rings is 1. The molecule has 2 aromatic carbocycles. The van der Waals surface area contributed by atoms with Crippen molar-refractivity contribution in [3.63, 3.8) is 0 Å². The number of benzene rings is 2. The molecule has 0 radical (unpaired) electrons. The summed E-state index contributed by atoms with van der Waals surface area (Å²) in [5.41, 5.74) is 1.86. The van der Waals surface area contributed by atoms with Crippen molar-refractivity contribution in [2.75, 3.05) is 60.8 Å². The van der Waals surface area contributed by atoms with Crippen molar-refractivity contribution in [3.8, 4) is 23.0 Å². The zero-order valence-electron chi connectivity index (χ0n) is 20.3. The van der Waals surface area contributed by atoms with E-state index >= 15 is 0 Å². The lowest BCUT2D eigenvalue weighted by molar-refractivity contribution is -0.116. The summed E-state index contributed by atoms with van der Waals surface area (Å²) < 4.78 is 27.3. The van der Waals surface area contributed by atoms with Crippen LogP contribution in [0, 0.1) is 0 Å². The summed E-state index contributed by atoms with van der Waals surface area (Å²) in [6.07, 6.45) is 3.26. The molecular formula is C26H34N2O6. The Morgan fingerprint density at radius 1 is 1.03 bits per heavy atom. The van der Waals surface area contributed by atoms with Crippen molar-refractivity contribution in [2.45, 2.75) is 13.0 Å². The minimum atomic E-state index is -0.182. The van der Waals surface area contributed by atoms with Gasteiger partial charge in [0.2, 0.25) is 5.91 Å². The lowest BCUT2D eigenvalue weighted by Crippen LogP contribution is -2.43. The van der Waals surface area contributed by atoms with E-state index in [9.17, 15) is 4.79 Å². The van der Waals surface area contributed by atoms with Crippen LogP contribution in [0.5, 0.6) is 23.0 Å². The Morgan fingerprint density at radius 2 is 1.74 bits per heavy atom. The largest absolute Gasteiger partial charge is 0.497 e. The van der Waals surface area contributed by atoms with Gasteiger partial charge in [0.1, 0.15) is 11.5 Å².